The molecule has 0 aliphatic carbocycles. The maximum absolute atomic E-state index is 11.9. The van der Waals surface area contributed by atoms with Crippen LogP contribution < -0.4 is 10.9 Å². The molecule has 2 aromatic carbocycles. The van der Waals surface area contributed by atoms with Crippen LogP contribution in [0.15, 0.2) is 63.9 Å². The van der Waals surface area contributed by atoms with E-state index in [4.69, 9.17) is 0 Å². The predicted octanol–water partition coefficient (Wildman–Crippen LogP) is 4.25. The van der Waals surface area contributed by atoms with Crippen molar-refractivity contribution >= 4 is 27.6 Å². The normalized spacial score (nSPS) is 10.5. The Bertz CT molecular complexity index is 856. The van der Waals surface area contributed by atoms with Crippen molar-refractivity contribution in [3.8, 4) is 11.3 Å². The van der Waals surface area contributed by atoms with Gasteiger partial charge in [-0.1, -0.05) is 51.8 Å². The van der Waals surface area contributed by atoms with E-state index in [1.165, 1.54) is 11.6 Å². The SMILES string of the molecule is Cc1ccc(-c2cc(=O)[nH]c(Nc3cccc(Br)c3)n2)cc1. The van der Waals surface area contributed by atoms with Crippen molar-refractivity contribution in [2.75, 3.05) is 5.32 Å². The number of benzene rings is 2. The Balaban J connectivity index is 1.96. The lowest BCUT2D eigenvalue weighted by molar-refractivity contribution is 1.12. The van der Waals surface area contributed by atoms with Gasteiger partial charge in [-0.05, 0) is 25.1 Å². The minimum Gasteiger partial charge on any atom is -0.326 e. The van der Waals surface area contributed by atoms with Crippen LogP contribution in [0.2, 0.25) is 0 Å². The van der Waals surface area contributed by atoms with Gasteiger partial charge >= 0.3 is 0 Å². The van der Waals surface area contributed by atoms with Crippen LogP contribution in [-0.2, 0) is 0 Å². The Morgan fingerprint density at radius 3 is 2.59 bits per heavy atom. The molecule has 0 amide bonds. The molecule has 1 heterocycles. The van der Waals surface area contributed by atoms with Crippen molar-refractivity contribution in [3.05, 3.63) is 75.0 Å². The Hall–Kier alpha value is -2.40. The summed E-state index contributed by atoms with van der Waals surface area (Å²) in [5.41, 5.74) is 3.37. The quantitative estimate of drug-likeness (QED) is 0.738. The highest BCUT2D eigenvalue weighted by Crippen LogP contribution is 2.20. The molecular formula is C17H14BrN3O. The third-order valence-electron chi connectivity index (χ3n) is 3.18. The number of halogens is 1. The number of aryl methyl sites for hydroxylation is 1. The zero-order valence-electron chi connectivity index (χ0n) is 11.9. The summed E-state index contributed by atoms with van der Waals surface area (Å²) in [7, 11) is 0. The maximum atomic E-state index is 11.9. The van der Waals surface area contributed by atoms with Crippen LogP contribution in [0.5, 0.6) is 0 Å². The molecule has 0 fully saturated rings. The largest absolute Gasteiger partial charge is 0.326 e. The van der Waals surface area contributed by atoms with E-state index in [1.54, 1.807) is 0 Å². The van der Waals surface area contributed by atoms with E-state index in [-0.39, 0.29) is 5.56 Å². The first-order valence-electron chi connectivity index (χ1n) is 6.81. The number of hydrogen-bond donors (Lipinski definition) is 2. The summed E-state index contributed by atoms with van der Waals surface area (Å²) in [5.74, 6) is 0.418. The molecule has 1 aromatic heterocycles. The Labute approximate surface area is 136 Å². The molecular weight excluding hydrogens is 342 g/mol. The minimum absolute atomic E-state index is 0.192. The van der Waals surface area contributed by atoms with E-state index in [0.29, 0.717) is 11.6 Å². The van der Waals surface area contributed by atoms with Gasteiger partial charge in [0.2, 0.25) is 5.95 Å². The third kappa shape index (κ3) is 3.43. The fourth-order valence-corrected chi connectivity index (χ4v) is 2.49. The van der Waals surface area contributed by atoms with Crippen LogP contribution in [0.25, 0.3) is 11.3 Å². The predicted molar refractivity (Wildman–Crippen MR) is 92.5 cm³/mol. The number of nitrogens with one attached hydrogen (secondary N) is 2. The average Bonchev–Trinajstić information content (AvgIpc) is 2.47. The van der Waals surface area contributed by atoms with Gasteiger partial charge in [0.1, 0.15) is 0 Å². The summed E-state index contributed by atoms with van der Waals surface area (Å²) in [4.78, 5) is 19.0. The fraction of sp³-hybridized carbons (Fsp3) is 0.0588. The first kappa shape index (κ1) is 14.5. The van der Waals surface area contributed by atoms with Crippen LogP contribution in [0, 0.1) is 6.92 Å². The first-order valence-corrected chi connectivity index (χ1v) is 7.60. The third-order valence-corrected chi connectivity index (χ3v) is 3.67. The Morgan fingerprint density at radius 2 is 1.86 bits per heavy atom. The molecule has 0 saturated heterocycles. The molecule has 0 unspecified atom stereocenters. The van der Waals surface area contributed by atoms with Crippen molar-refractivity contribution in [2.24, 2.45) is 0 Å². The van der Waals surface area contributed by atoms with E-state index in [1.807, 2.05) is 55.5 Å². The van der Waals surface area contributed by atoms with E-state index < -0.39 is 0 Å². The molecule has 0 saturated carbocycles. The number of hydrogen-bond acceptors (Lipinski definition) is 3. The van der Waals surface area contributed by atoms with Gasteiger partial charge in [-0.25, -0.2) is 4.98 Å². The molecule has 0 bridgehead atoms. The van der Waals surface area contributed by atoms with E-state index in [2.05, 4.69) is 31.2 Å². The van der Waals surface area contributed by atoms with Crippen molar-refractivity contribution in [3.63, 3.8) is 0 Å². The van der Waals surface area contributed by atoms with Gasteiger partial charge in [0, 0.05) is 21.8 Å². The second kappa shape index (κ2) is 6.15. The van der Waals surface area contributed by atoms with Gasteiger partial charge < -0.3 is 5.32 Å². The van der Waals surface area contributed by atoms with E-state index in [0.717, 1.165) is 15.7 Å². The van der Waals surface area contributed by atoms with Crippen molar-refractivity contribution < 1.29 is 0 Å². The maximum Gasteiger partial charge on any atom is 0.252 e. The monoisotopic (exact) mass is 355 g/mol. The lowest BCUT2D eigenvalue weighted by atomic mass is 10.1. The standard InChI is InChI=1S/C17H14BrN3O/c1-11-5-7-12(8-6-11)15-10-16(22)21-17(20-15)19-14-4-2-3-13(18)9-14/h2-10H,1H3,(H2,19,20,21,22). The molecule has 0 aliphatic heterocycles. The highest BCUT2D eigenvalue weighted by molar-refractivity contribution is 9.10. The molecule has 0 aliphatic rings. The van der Waals surface area contributed by atoms with Crippen molar-refractivity contribution in [2.45, 2.75) is 6.92 Å². The summed E-state index contributed by atoms with van der Waals surface area (Å²) in [6, 6.07) is 17.1. The molecule has 2 N–H and O–H groups in total. The zero-order chi connectivity index (χ0) is 15.5. The lowest BCUT2D eigenvalue weighted by Crippen LogP contribution is -2.10. The van der Waals surface area contributed by atoms with Crippen molar-refractivity contribution in [1.82, 2.24) is 9.97 Å². The van der Waals surface area contributed by atoms with Crippen LogP contribution in [-0.4, -0.2) is 9.97 Å². The van der Waals surface area contributed by atoms with Crippen LogP contribution >= 0.6 is 15.9 Å². The lowest BCUT2D eigenvalue weighted by Gasteiger charge is -2.08. The number of aromatic amines is 1. The molecule has 3 rings (SSSR count). The Kier molecular flexibility index (Phi) is 4.06. The second-order valence-corrected chi connectivity index (χ2v) is 5.90. The van der Waals surface area contributed by atoms with E-state index in [9.17, 15) is 4.79 Å². The summed E-state index contributed by atoms with van der Waals surface area (Å²) >= 11 is 3.42. The average molecular weight is 356 g/mol. The van der Waals surface area contributed by atoms with Gasteiger partial charge in [0.05, 0.1) is 5.69 Å². The van der Waals surface area contributed by atoms with Crippen LogP contribution in [0.1, 0.15) is 5.56 Å². The van der Waals surface area contributed by atoms with Gasteiger partial charge in [-0.15, -0.1) is 0 Å². The van der Waals surface area contributed by atoms with Crippen LogP contribution in [0.4, 0.5) is 11.6 Å². The molecule has 110 valence electrons. The molecule has 22 heavy (non-hydrogen) atoms. The molecule has 0 atom stereocenters. The van der Waals surface area contributed by atoms with Crippen LogP contribution in [0.3, 0.4) is 0 Å². The Morgan fingerprint density at radius 1 is 1.09 bits per heavy atom. The fourth-order valence-electron chi connectivity index (χ4n) is 2.09. The number of H-pyrrole nitrogens is 1. The number of aromatic nitrogens is 2. The summed E-state index contributed by atoms with van der Waals surface area (Å²) < 4.78 is 0.953. The summed E-state index contributed by atoms with van der Waals surface area (Å²) in [6.07, 6.45) is 0. The van der Waals surface area contributed by atoms with Gasteiger partial charge in [-0.3, -0.25) is 9.78 Å². The zero-order valence-corrected chi connectivity index (χ0v) is 13.5. The second-order valence-electron chi connectivity index (χ2n) is 4.98. The number of rotatable bonds is 3. The smallest absolute Gasteiger partial charge is 0.252 e. The van der Waals surface area contributed by atoms with Gasteiger partial charge in [0.25, 0.3) is 5.56 Å². The first-order chi connectivity index (χ1) is 10.6. The topological polar surface area (TPSA) is 57.8 Å². The number of nitrogens with zero attached hydrogens (tertiary/aromatic N) is 1. The molecule has 0 spiro atoms. The van der Waals surface area contributed by atoms with Gasteiger partial charge in [-0.2, -0.15) is 0 Å². The molecule has 5 heteroatoms. The summed E-state index contributed by atoms with van der Waals surface area (Å²) in [5, 5.41) is 3.11. The molecule has 4 nitrogen and oxygen atoms in total. The summed E-state index contributed by atoms with van der Waals surface area (Å²) in [6.45, 7) is 2.02. The van der Waals surface area contributed by atoms with E-state index >= 15 is 0 Å². The van der Waals surface area contributed by atoms with Crippen molar-refractivity contribution in [1.29, 1.82) is 0 Å². The van der Waals surface area contributed by atoms with Gasteiger partial charge in [0.15, 0.2) is 0 Å². The molecule has 3 aromatic rings. The minimum atomic E-state index is -0.192. The highest BCUT2D eigenvalue weighted by atomic mass is 79.9. The number of anilines is 2. The molecule has 0 radical (unpaired) electrons. The highest BCUT2D eigenvalue weighted by Gasteiger charge is 2.04.